The van der Waals surface area contributed by atoms with Crippen molar-refractivity contribution in [3.63, 3.8) is 0 Å². The molecule has 0 N–H and O–H groups in total. The summed E-state index contributed by atoms with van der Waals surface area (Å²) in [7, 11) is 0. The molecule has 4 heteroatoms. The van der Waals surface area contributed by atoms with Gasteiger partial charge in [-0.25, -0.2) is 9.59 Å². The van der Waals surface area contributed by atoms with Crippen LogP contribution in [0.5, 0.6) is 5.75 Å². The predicted octanol–water partition coefficient (Wildman–Crippen LogP) is 3.73. The Morgan fingerprint density at radius 1 is 0.870 bits per heavy atom. The second kappa shape index (κ2) is 5.25. The van der Waals surface area contributed by atoms with Crippen LogP contribution in [0.1, 0.15) is 26.3 Å². The second-order valence-corrected chi connectivity index (χ2v) is 5.30. The van der Waals surface area contributed by atoms with E-state index in [0.29, 0.717) is 12.4 Å². The van der Waals surface area contributed by atoms with Gasteiger partial charge in [-0.15, -0.1) is 0 Å². The standard InChI is InChI=1S/C19H12O4/c20-18-15-10-13-8-4-5-9-14(13)17(16(15)19(21)23-18)22-11-12-6-2-1-3-7-12/h1-10H,11H2. The van der Waals surface area contributed by atoms with Gasteiger partial charge in [-0.3, -0.25) is 0 Å². The van der Waals surface area contributed by atoms with Gasteiger partial charge >= 0.3 is 11.9 Å². The van der Waals surface area contributed by atoms with Crippen molar-refractivity contribution in [2.75, 3.05) is 0 Å². The van der Waals surface area contributed by atoms with E-state index in [0.717, 1.165) is 16.3 Å². The molecule has 0 radical (unpaired) electrons. The number of carbonyl (C=O) groups is 2. The maximum atomic E-state index is 12.0. The summed E-state index contributed by atoms with van der Waals surface area (Å²) in [6, 6.07) is 18.8. The third kappa shape index (κ3) is 2.25. The number of hydrogen-bond acceptors (Lipinski definition) is 4. The molecule has 0 saturated heterocycles. The Kier molecular flexibility index (Phi) is 3.08. The Morgan fingerprint density at radius 3 is 2.43 bits per heavy atom. The monoisotopic (exact) mass is 304 g/mol. The summed E-state index contributed by atoms with van der Waals surface area (Å²) >= 11 is 0. The molecule has 0 saturated carbocycles. The van der Waals surface area contributed by atoms with Crippen LogP contribution >= 0.6 is 0 Å². The molecular formula is C19H12O4. The molecule has 0 aromatic heterocycles. The van der Waals surface area contributed by atoms with Crippen molar-refractivity contribution in [2.24, 2.45) is 0 Å². The number of ether oxygens (including phenoxy) is 2. The Labute approximate surface area is 132 Å². The van der Waals surface area contributed by atoms with Gasteiger partial charge in [-0.1, -0.05) is 54.6 Å². The van der Waals surface area contributed by atoms with Crippen molar-refractivity contribution in [2.45, 2.75) is 6.61 Å². The Balaban J connectivity index is 1.85. The minimum Gasteiger partial charge on any atom is -0.487 e. The molecule has 0 atom stereocenters. The molecule has 1 aliphatic rings. The van der Waals surface area contributed by atoms with Gasteiger partial charge < -0.3 is 9.47 Å². The highest BCUT2D eigenvalue weighted by Crippen LogP contribution is 2.37. The van der Waals surface area contributed by atoms with E-state index >= 15 is 0 Å². The van der Waals surface area contributed by atoms with E-state index in [1.54, 1.807) is 6.07 Å². The summed E-state index contributed by atoms with van der Waals surface area (Å²) in [6.07, 6.45) is 0. The highest BCUT2D eigenvalue weighted by Gasteiger charge is 2.34. The summed E-state index contributed by atoms with van der Waals surface area (Å²) in [4.78, 5) is 23.9. The van der Waals surface area contributed by atoms with E-state index in [4.69, 9.17) is 9.47 Å². The van der Waals surface area contributed by atoms with Crippen molar-refractivity contribution in [1.82, 2.24) is 0 Å². The van der Waals surface area contributed by atoms with Gasteiger partial charge in [0.15, 0.2) is 0 Å². The van der Waals surface area contributed by atoms with Crippen molar-refractivity contribution in [3.8, 4) is 5.75 Å². The van der Waals surface area contributed by atoms with E-state index in [1.165, 1.54) is 0 Å². The zero-order valence-electron chi connectivity index (χ0n) is 12.1. The highest BCUT2D eigenvalue weighted by atomic mass is 16.6. The molecule has 0 aliphatic carbocycles. The minimum atomic E-state index is -0.654. The van der Waals surface area contributed by atoms with Gasteiger partial charge in [-0.05, 0) is 17.0 Å². The quantitative estimate of drug-likeness (QED) is 0.546. The van der Waals surface area contributed by atoms with Crippen LogP contribution in [0.3, 0.4) is 0 Å². The van der Waals surface area contributed by atoms with Crippen LogP contribution in [0, 0.1) is 0 Å². The first-order chi connectivity index (χ1) is 11.2. The molecule has 0 bridgehead atoms. The third-order valence-electron chi connectivity index (χ3n) is 3.84. The molecule has 0 spiro atoms. The molecule has 3 aromatic carbocycles. The molecule has 23 heavy (non-hydrogen) atoms. The van der Waals surface area contributed by atoms with E-state index in [9.17, 15) is 9.59 Å². The van der Waals surface area contributed by atoms with E-state index in [2.05, 4.69) is 0 Å². The summed E-state index contributed by atoms with van der Waals surface area (Å²) in [6.45, 7) is 0.308. The number of carbonyl (C=O) groups excluding carboxylic acids is 2. The lowest BCUT2D eigenvalue weighted by Crippen LogP contribution is -2.03. The molecule has 1 aliphatic heterocycles. The van der Waals surface area contributed by atoms with Crippen LogP contribution in [0.2, 0.25) is 0 Å². The number of esters is 2. The van der Waals surface area contributed by atoms with Crippen molar-refractivity contribution in [1.29, 1.82) is 0 Å². The molecule has 0 fully saturated rings. The first-order valence-corrected chi connectivity index (χ1v) is 7.23. The van der Waals surface area contributed by atoms with Gasteiger partial charge in [0, 0.05) is 5.39 Å². The SMILES string of the molecule is O=C1OC(=O)c2c1cc1ccccc1c2OCc1ccccc1. The Hall–Kier alpha value is -3.14. The largest absolute Gasteiger partial charge is 0.487 e. The Bertz CT molecular complexity index is 929. The summed E-state index contributed by atoms with van der Waals surface area (Å²) in [5.74, 6) is -0.878. The van der Waals surface area contributed by atoms with Crippen LogP contribution in [0.4, 0.5) is 0 Å². The van der Waals surface area contributed by atoms with Crippen molar-refractivity contribution in [3.05, 3.63) is 77.4 Å². The fourth-order valence-corrected chi connectivity index (χ4v) is 2.75. The average molecular weight is 304 g/mol. The van der Waals surface area contributed by atoms with Crippen LogP contribution in [-0.2, 0) is 11.3 Å². The van der Waals surface area contributed by atoms with Crippen LogP contribution < -0.4 is 4.74 Å². The zero-order valence-corrected chi connectivity index (χ0v) is 12.1. The number of hydrogen-bond donors (Lipinski definition) is 0. The van der Waals surface area contributed by atoms with Crippen LogP contribution in [0.15, 0.2) is 60.7 Å². The fraction of sp³-hybridized carbons (Fsp3) is 0.0526. The van der Waals surface area contributed by atoms with Gasteiger partial charge in [0.1, 0.15) is 17.9 Å². The first-order valence-electron chi connectivity index (χ1n) is 7.23. The molecule has 112 valence electrons. The lowest BCUT2D eigenvalue weighted by Gasteiger charge is -2.12. The maximum Gasteiger partial charge on any atom is 0.350 e. The zero-order chi connectivity index (χ0) is 15.8. The summed E-state index contributed by atoms with van der Waals surface area (Å²) in [5, 5.41) is 1.62. The molecule has 3 aromatic rings. The molecule has 1 heterocycles. The second-order valence-electron chi connectivity index (χ2n) is 5.30. The maximum absolute atomic E-state index is 12.0. The average Bonchev–Trinajstić information content (AvgIpc) is 2.87. The summed E-state index contributed by atoms with van der Waals surface area (Å²) in [5.41, 5.74) is 1.45. The van der Waals surface area contributed by atoms with E-state index in [-0.39, 0.29) is 11.1 Å². The number of rotatable bonds is 3. The van der Waals surface area contributed by atoms with Gasteiger partial charge in [0.05, 0.1) is 5.56 Å². The normalized spacial score (nSPS) is 13.0. The molecule has 4 nitrogen and oxygen atoms in total. The number of cyclic esters (lactones) is 2. The van der Waals surface area contributed by atoms with E-state index in [1.807, 2.05) is 54.6 Å². The molecular weight excluding hydrogens is 292 g/mol. The molecule has 0 amide bonds. The topological polar surface area (TPSA) is 52.6 Å². The lowest BCUT2D eigenvalue weighted by atomic mass is 10.0. The van der Waals surface area contributed by atoms with Crippen molar-refractivity contribution < 1.29 is 19.1 Å². The smallest absolute Gasteiger partial charge is 0.350 e. The highest BCUT2D eigenvalue weighted by molar-refractivity contribution is 6.19. The number of benzene rings is 3. The van der Waals surface area contributed by atoms with Gasteiger partial charge in [-0.2, -0.15) is 0 Å². The minimum absolute atomic E-state index is 0.213. The third-order valence-corrected chi connectivity index (χ3v) is 3.84. The molecule has 0 unspecified atom stereocenters. The van der Waals surface area contributed by atoms with Gasteiger partial charge in [0.25, 0.3) is 0 Å². The van der Waals surface area contributed by atoms with Gasteiger partial charge in [0.2, 0.25) is 0 Å². The van der Waals surface area contributed by atoms with E-state index < -0.39 is 11.9 Å². The van der Waals surface area contributed by atoms with Crippen LogP contribution in [0.25, 0.3) is 10.8 Å². The predicted molar refractivity (Wildman–Crippen MR) is 84.5 cm³/mol. The fourth-order valence-electron chi connectivity index (χ4n) is 2.75. The van der Waals surface area contributed by atoms with Crippen molar-refractivity contribution >= 4 is 22.7 Å². The van der Waals surface area contributed by atoms with Crippen LogP contribution in [-0.4, -0.2) is 11.9 Å². The summed E-state index contributed by atoms with van der Waals surface area (Å²) < 4.78 is 10.7. The first kappa shape index (κ1) is 13.5. The number of fused-ring (bicyclic) bond motifs is 2. The lowest BCUT2D eigenvalue weighted by molar-refractivity contribution is 0.0442. The Morgan fingerprint density at radius 2 is 1.61 bits per heavy atom. The molecule has 4 rings (SSSR count).